The molecule has 2 atom stereocenters. The van der Waals surface area contributed by atoms with Crippen molar-refractivity contribution in [3.8, 4) is 0 Å². The van der Waals surface area contributed by atoms with Crippen LogP contribution >= 0.6 is 0 Å². The lowest BCUT2D eigenvalue weighted by Crippen LogP contribution is -2.22. The summed E-state index contributed by atoms with van der Waals surface area (Å²) in [6.07, 6.45) is -3.72. The van der Waals surface area contributed by atoms with Gasteiger partial charge in [0.05, 0.1) is 5.56 Å². The van der Waals surface area contributed by atoms with Gasteiger partial charge in [-0.2, -0.15) is 13.2 Å². The molecule has 3 rings (SSSR count). The summed E-state index contributed by atoms with van der Waals surface area (Å²) in [4.78, 5) is 25.6. The smallest absolute Gasteiger partial charge is 0.327 e. The predicted molar refractivity (Wildman–Crippen MR) is 77.9 cm³/mol. The maximum atomic E-state index is 13.7. The molecule has 1 saturated carbocycles. The van der Waals surface area contributed by atoms with Crippen LogP contribution in [0.5, 0.6) is 0 Å². The summed E-state index contributed by atoms with van der Waals surface area (Å²) >= 11 is 0. The minimum atomic E-state index is -4.64. The van der Waals surface area contributed by atoms with Gasteiger partial charge in [-0.3, -0.25) is 9.59 Å². The average Bonchev–Trinajstić information content (AvgIpc) is 3.29. The Bertz CT molecular complexity index is 844. The fraction of sp³-hybridized carbons (Fsp3) is 0.250. The topological polar surface area (TPSA) is 62.0 Å². The number of halogens is 4. The number of nitrogens with one attached hydrogen (secondary N) is 2. The van der Waals surface area contributed by atoms with E-state index in [1.807, 2.05) is 4.98 Å². The van der Waals surface area contributed by atoms with Gasteiger partial charge >= 0.3 is 6.18 Å². The lowest BCUT2D eigenvalue weighted by Gasteiger charge is -2.09. The summed E-state index contributed by atoms with van der Waals surface area (Å²) < 4.78 is 51.7. The molecular formula is C16H12F4N2O2. The summed E-state index contributed by atoms with van der Waals surface area (Å²) in [6, 6.07) is 6.59. The van der Waals surface area contributed by atoms with Gasteiger partial charge in [-0.05, 0) is 30.0 Å². The number of alkyl halides is 3. The van der Waals surface area contributed by atoms with Crippen LogP contribution in [0.2, 0.25) is 0 Å². The zero-order valence-corrected chi connectivity index (χ0v) is 12.2. The lowest BCUT2D eigenvalue weighted by atomic mass is 10.1. The van der Waals surface area contributed by atoms with Crippen LogP contribution in [-0.4, -0.2) is 10.9 Å². The largest absolute Gasteiger partial charge is 0.417 e. The fourth-order valence-corrected chi connectivity index (χ4v) is 2.57. The molecule has 0 radical (unpaired) electrons. The molecule has 0 saturated heterocycles. The van der Waals surface area contributed by atoms with Crippen LogP contribution in [0, 0.1) is 11.7 Å². The molecule has 1 aromatic heterocycles. The van der Waals surface area contributed by atoms with Crippen LogP contribution in [0.15, 0.2) is 41.3 Å². The first-order chi connectivity index (χ1) is 11.3. The number of amides is 1. The van der Waals surface area contributed by atoms with E-state index in [0.29, 0.717) is 24.2 Å². The number of hydrogen-bond donors (Lipinski definition) is 2. The Labute approximate surface area is 133 Å². The molecule has 1 fully saturated rings. The molecule has 1 amide bonds. The Morgan fingerprint density at radius 3 is 2.62 bits per heavy atom. The van der Waals surface area contributed by atoms with Gasteiger partial charge in [0.15, 0.2) is 0 Å². The van der Waals surface area contributed by atoms with E-state index in [0.717, 1.165) is 0 Å². The number of pyridine rings is 1. The van der Waals surface area contributed by atoms with Gasteiger partial charge in [0.2, 0.25) is 5.91 Å². The van der Waals surface area contributed by atoms with Crippen molar-refractivity contribution in [3.05, 3.63) is 63.8 Å². The van der Waals surface area contributed by atoms with Gasteiger partial charge in [0, 0.05) is 12.1 Å². The number of carbonyl (C=O) groups is 1. The first-order valence-electron chi connectivity index (χ1n) is 7.12. The highest BCUT2D eigenvalue weighted by Gasteiger charge is 2.45. The molecule has 4 nitrogen and oxygen atoms in total. The van der Waals surface area contributed by atoms with Gasteiger partial charge in [-0.1, -0.05) is 18.2 Å². The third-order valence-electron chi connectivity index (χ3n) is 3.92. The molecular weight excluding hydrogens is 328 g/mol. The summed E-state index contributed by atoms with van der Waals surface area (Å²) in [7, 11) is 0. The van der Waals surface area contributed by atoms with Crippen LogP contribution in [0.4, 0.5) is 23.2 Å². The highest BCUT2D eigenvalue weighted by Crippen LogP contribution is 2.48. The number of aromatic nitrogens is 1. The molecule has 126 valence electrons. The monoisotopic (exact) mass is 340 g/mol. The van der Waals surface area contributed by atoms with Crippen molar-refractivity contribution in [2.24, 2.45) is 5.92 Å². The maximum absolute atomic E-state index is 13.7. The highest BCUT2D eigenvalue weighted by atomic mass is 19.4. The van der Waals surface area contributed by atoms with Gasteiger partial charge < -0.3 is 10.3 Å². The van der Waals surface area contributed by atoms with E-state index in [9.17, 15) is 27.2 Å². The lowest BCUT2D eigenvalue weighted by molar-refractivity contribution is -0.137. The van der Waals surface area contributed by atoms with Crippen molar-refractivity contribution in [2.75, 3.05) is 5.32 Å². The number of aromatic amines is 1. The van der Waals surface area contributed by atoms with Crippen molar-refractivity contribution in [1.82, 2.24) is 4.98 Å². The van der Waals surface area contributed by atoms with Crippen LogP contribution in [0.25, 0.3) is 0 Å². The van der Waals surface area contributed by atoms with E-state index < -0.39 is 40.6 Å². The van der Waals surface area contributed by atoms with Crippen molar-refractivity contribution in [2.45, 2.75) is 18.5 Å². The molecule has 1 aliphatic carbocycles. The zero-order valence-electron chi connectivity index (χ0n) is 12.2. The Hall–Kier alpha value is -2.64. The minimum absolute atomic E-state index is 0.337. The number of H-pyrrole nitrogens is 1. The first kappa shape index (κ1) is 16.2. The summed E-state index contributed by atoms with van der Waals surface area (Å²) in [6.45, 7) is 0. The van der Waals surface area contributed by atoms with Crippen molar-refractivity contribution < 1.29 is 22.4 Å². The van der Waals surface area contributed by atoms with Gasteiger partial charge in [-0.15, -0.1) is 0 Å². The normalized spacial score (nSPS) is 19.8. The second-order valence-electron chi connectivity index (χ2n) is 5.59. The maximum Gasteiger partial charge on any atom is 0.417 e. The average molecular weight is 340 g/mol. The molecule has 0 spiro atoms. The molecule has 2 aromatic rings. The first-order valence-corrected chi connectivity index (χ1v) is 7.12. The van der Waals surface area contributed by atoms with Crippen LogP contribution in [-0.2, 0) is 11.0 Å². The molecule has 2 N–H and O–H groups in total. The standard InChI is InChI=1S/C16H12F4N2O2/c17-12-4-2-1-3-9(12)10-6-11(10)14(23)22-13-5-8(16(18,19)20)7-21-15(13)24/h1-5,7,10-11H,6H2,(H,21,24)(H,22,23)/t10-,11-/m0/s1. The fourth-order valence-electron chi connectivity index (χ4n) is 2.57. The van der Waals surface area contributed by atoms with E-state index in [1.165, 1.54) is 12.1 Å². The predicted octanol–water partition coefficient (Wildman–Crippen LogP) is 3.28. The molecule has 1 heterocycles. The molecule has 24 heavy (non-hydrogen) atoms. The molecule has 1 aliphatic rings. The van der Waals surface area contributed by atoms with Gasteiger partial charge in [0.1, 0.15) is 11.5 Å². The Morgan fingerprint density at radius 1 is 1.25 bits per heavy atom. The van der Waals surface area contributed by atoms with E-state index >= 15 is 0 Å². The summed E-state index contributed by atoms with van der Waals surface area (Å²) in [5.74, 6) is -1.95. The Balaban J connectivity index is 1.75. The van der Waals surface area contributed by atoms with E-state index in [1.54, 1.807) is 12.1 Å². The summed E-state index contributed by atoms with van der Waals surface area (Å²) in [5, 5.41) is 2.20. The molecule has 0 unspecified atom stereocenters. The van der Waals surface area contributed by atoms with Crippen molar-refractivity contribution in [1.29, 1.82) is 0 Å². The summed E-state index contributed by atoms with van der Waals surface area (Å²) in [5.41, 5.74) is -2.00. The number of rotatable bonds is 3. The van der Waals surface area contributed by atoms with Crippen LogP contribution in [0.1, 0.15) is 23.5 Å². The Kier molecular flexibility index (Phi) is 3.90. The third-order valence-corrected chi connectivity index (χ3v) is 3.92. The van der Waals surface area contributed by atoms with Gasteiger partial charge in [-0.25, -0.2) is 4.39 Å². The third kappa shape index (κ3) is 3.17. The molecule has 8 heteroatoms. The van der Waals surface area contributed by atoms with E-state index in [4.69, 9.17) is 0 Å². The highest BCUT2D eigenvalue weighted by molar-refractivity contribution is 5.95. The van der Waals surface area contributed by atoms with Crippen molar-refractivity contribution in [3.63, 3.8) is 0 Å². The number of carbonyl (C=O) groups excluding carboxylic acids is 1. The molecule has 0 aliphatic heterocycles. The SMILES string of the molecule is O=C(Nc1cc(C(F)(F)F)c[nH]c1=O)[C@H]1C[C@H]1c1ccccc1F. The van der Waals surface area contributed by atoms with Crippen LogP contribution in [0.3, 0.4) is 0 Å². The second kappa shape index (κ2) is 5.77. The number of hydrogen-bond acceptors (Lipinski definition) is 2. The minimum Gasteiger partial charge on any atom is -0.327 e. The number of anilines is 1. The zero-order chi connectivity index (χ0) is 17.5. The molecule has 0 bridgehead atoms. The van der Waals surface area contributed by atoms with E-state index in [-0.39, 0.29) is 5.92 Å². The van der Waals surface area contributed by atoms with Gasteiger partial charge in [0.25, 0.3) is 5.56 Å². The van der Waals surface area contributed by atoms with Crippen molar-refractivity contribution >= 4 is 11.6 Å². The quantitative estimate of drug-likeness (QED) is 0.843. The Morgan fingerprint density at radius 2 is 1.96 bits per heavy atom. The molecule has 1 aromatic carbocycles. The van der Waals surface area contributed by atoms with E-state index in [2.05, 4.69) is 5.32 Å². The number of benzene rings is 1. The van der Waals surface area contributed by atoms with Crippen LogP contribution < -0.4 is 10.9 Å². The second-order valence-corrected chi connectivity index (χ2v) is 5.59.